The molecule has 0 aromatic rings. The van der Waals surface area contributed by atoms with Crippen molar-refractivity contribution < 1.29 is 0 Å². The molecular formula is C7H11ClINS. The van der Waals surface area contributed by atoms with E-state index in [1.54, 1.807) is 0 Å². The fourth-order valence-corrected chi connectivity index (χ4v) is 4.36. The molecular weight excluding hydrogens is 293 g/mol. The van der Waals surface area contributed by atoms with Crippen LogP contribution in [0.5, 0.6) is 0 Å². The first-order valence-corrected chi connectivity index (χ1v) is 6.33. The third kappa shape index (κ3) is 2.77. The topological polar surface area (TPSA) is 12.4 Å². The van der Waals surface area contributed by atoms with Crippen LogP contribution in [0.3, 0.4) is 0 Å². The van der Waals surface area contributed by atoms with Crippen molar-refractivity contribution in [2.45, 2.75) is 27.9 Å². The maximum Gasteiger partial charge on any atom is 0.0644 e. The van der Waals surface area contributed by atoms with E-state index in [0.29, 0.717) is 14.5 Å². The van der Waals surface area contributed by atoms with Crippen LogP contribution >= 0.6 is 46.0 Å². The highest BCUT2D eigenvalue weighted by molar-refractivity contribution is 14.1. The zero-order chi connectivity index (χ0) is 8.27. The lowest BCUT2D eigenvalue weighted by molar-refractivity contribution is 0.681. The van der Waals surface area contributed by atoms with Gasteiger partial charge in [-0.3, -0.25) is 4.99 Å². The van der Waals surface area contributed by atoms with E-state index in [-0.39, 0.29) is 0 Å². The molecule has 1 aliphatic rings. The van der Waals surface area contributed by atoms with Gasteiger partial charge in [-0.1, -0.05) is 22.6 Å². The molecule has 1 fully saturated rings. The molecule has 0 radical (unpaired) electrons. The molecule has 1 rings (SSSR count). The average Bonchev–Trinajstić information content (AvgIpc) is 2.32. The van der Waals surface area contributed by atoms with Gasteiger partial charge in [-0.05, 0) is 19.6 Å². The van der Waals surface area contributed by atoms with E-state index in [0.717, 1.165) is 5.88 Å². The summed E-state index contributed by atoms with van der Waals surface area (Å²) in [6, 6.07) is 0.462. The van der Waals surface area contributed by atoms with Crippen molar-refractivity contribution in [3.63, 3.8) is 0 Å². The summed E-state index contributed by atoms with van der Waals surface area (Å²) in [5, 5.41) is 0.537. The average molecular weight is 304 g/mol. The minimum absolute atomic E-state index is 0.462. The van der Waals surface area contributed by atoms with Crippen LogP contribution in [-0.2, 0) is 0 Å². The quantitative estimate of drug-likeness (QED) is 0.434. The number of halogens is 2. The van der Waals surface area contributed by atoms with E-state index in [1.165, 1.54) is 6.42 Å². The zero-order valence-electron chi connectivity index (χ0n) is 6.34. The molecule has 0 aromatic carbocycles. The van der Waals surface area contributed by atoms with Gasteiger partial charge in [-0.15, -0.1) is 23.4 Å². The Labute approximate surface area is 90.5 Å². The number of alkyl halides is 2. The summed E-state index contributed by atoms with van der Waals surface area (Å²) < 4.78 is 0.699. The van der Waals surface area contributed by atoms with Crippen molar-refractivity contribution in [1.29, 1.82) is 0 Å². The van der Waals surface area contributed by atoms with Crippen molar-refractivity contribution in [2.24, 2.45) is 4.99 Å². The van der Waals surface area contributed by atoms with Crippen LogP contribution in [0.15, 0.2) is 4.99 Å². The Kier molecular flexibility index (Phi) is 4.53. The third-order valence-electron chi connectivity index (χ3n) is 1.67. The Balaban J connectivity index is 2.50. The van der Waals surface area contributed by atoms with Gasteiger partial charge in [0.1, 0.15) is 0 Å². The molecule has 1 heterocycles. The molecule has 0 aliphatic carbocycles. The summed E-state index contributed by atoms with van der Waals surface area (Å²) in [6.45, 7) is 1.97. The second-order valence-electron chi connectivity index (χ2n) is 2.45. The van der Waals surface area contributed by atoms with Gasteiger partial charge in [-0.2, -0.15) is 0 Å². The summed E-state index contributed by atoms with van der Waals surface area (Å²) in [7, 11) is 0. The van der Waals surface area contributed by atoms with Gasteiger partial charge in [-0.25, -0.2) is 0 Å². The maximum absolute atomic E-state index is 5.81. The zero-order valence-corrected chi connectivity index (χ0v) is 10.1. The fraction of sp³-hybridized carbons (Fsp3) is 0.857. The summed E-state index contributed by atoms with van der Waals surface area (Å²) in [6.07, 6.45) is 3.06. The smallest absolute Gasteiger partial charge is 0.0644 e. The van der Waals surface area contributed by atoms with E-state index in [4.69, 9.17) is 11.6 Å². The number of aliphatic imine (C=N–C) groups is 1. The third-order valence-corrected chi connectivity index (χ3v) is 4.89. The highest BCUT2D eigenvalue weighted by Gasteiger charge is 2.32. The molecule has 0 aromatic heterocycles. The molecule has 0 spiro atoms. The molecule has 0 saturated carbocycles. The Bertz CT molecular complexity index is 153. The van der Waals surface area contributed by atoms with Crippen LogP contribution in [0.4, 0.5) is 0 Å². The Morgan fingerprint density at radius 2 is 2.55 bits per heavy atom. The summed E-state index contributed by atoms with van der Waals surface area (Å²) in [4.78, 5) is 4.39. The van der Waals surface area contributed by atoms with Gasteiger partial charge in [0.15, 0.2) is 0 Å². The number of hydrogen-bond donors (Lipinski definition) is 0. The van der Waals surface area contributed by atoms with Gasteiger partial charge in [0.25, 0.3) is 0 Å². The summed E-state index contributed by atoms with van der Waals surface area (Å²) in [5.41, 5.74) is 0. The Hall–Kier alpha value is 1.04. The van der Waals surface area contributed by atoms with Crippen LogP contribution in [-0.4, -0.2) is 26.6 Å². The van der Waals surface area contributed by atoms with E-state index in [1.807, 2.05) is 24.9 Å². The molecule has 1 nitrogen and oxygen atoms in total. The van der Waals surface area contributed by atoms with Crippen molar-refractivity contribution in [3.05, 3.63) is 0 Å². The first-order chi connectivity index (χ1) is 5.27. The monoisotopic (exact) mass is 303 g/mol. The molecule has 64 valence electrons. The van der Waals surface area contributed by atoms with Crippen LogP contribution in [0.1, 0.15) is 13.3 Å². The van der Waals surface area contributed by atoms with Crippen LogP contribution in [0.2, 0.25) is 0 Å². The molecule has 1 saturated heterocycles. The van der Waals surface area contributed by atoms with E-state index >= 15 is 0 Å². The van der Waals surface area contributed by atoms with Gasteiger partial charge in [0, 0.05) is 11.1 Å². The molecule has 0 bridgehead atoms. The van der Waals surface area contributed by atoms with Crippen LogP contribution in [0, 0.1) is 0 Å². The van der Waals surface area contributed by atoms with Gasteiger partial charge in [0.05, 0.1) is 9.30 Å². The molecule has 1 aliphatic heterocycles. The maximum atomic E-state index is 5.81. The number of nitrogens with zero attached hydrogens (tertiary/aromatic N) is 1. The molecule has 1 unspecified atom stereocenters. The lowest BCUT2D eigenvalue weighted by Gasteiger charge is -2.09. The van der Waals surface area contributed by atoms with Gasteiger partial charge in [0.2, 0.25) is 0 Å². The number of rotatable bonds is 2. The second-order valence-corrected chi connectivity index (χ2v) is 6.55. The highest BCUT2D eigenvalue weighted by atomic mass is 127. The Morgan fingerprint density at radius 1 is 1.82 bits per heavy atom. The standard InChI is InChI=1S/C7H11ClINS/c1-2-10-5-3-7(9)11-6(5)4-8/h2,5-7H,3-4H2,1H3/t5-,6?,7-/m0/s1. The SMILES string of the molecule is CC=N[C@H]1C[C@@H](I)SC1CCl. The lowest BCUT2D eigenvalue weighted by atomic mass is 10.2. The highest BCUT2D eigenvalue weighted by Crippen LogP contribution is 2.39. The van der Waals surface area contributed by atoms with E-state index < -0.39 is 0 Å². The van der Waals surface area contributed by atoms with E-state index in [2.05, 4.69) is 27.6 Å². The van der Waals surface area contributed by atoms with Crippen molar-refractivity contribution in [1.82, 2.24) is 0 Å². The molecule has 0 amide bonds. The van der Waals surface area contributed by atoms with Gasteiger partial charge >= 0.3 is 0 Å². The van der Waals surface area contributed by atoms with Crippen molar-refractivity contribution >= 4 is 52.2 Å². The largest absolute Gasteiger partial charge is 0.293 e. The van der Waals surface area contributed by atoms with E-state index in [9.17, 15) is 0 Å². The van der Waals surface area contributed by atoms with Crippen molar-refractivity contribution in [3.8, 4) is 0 Å². The lowest BCUT2D eigenvalue weighted by Crippen LogP contribution is -2.16. The summed E-state index contributed by atoms with van der Waals surface area (Å²) >= 11 is 10.2. The first-order valence-electron chi connectivity index (χ1n) is 3.61. The molecule has 11 heavy (non-hydrogen) atoms. The fourth-order valence-electron chi connectivity index (χ4n) is 1.17. The second kappa shape index (κ2) is 4.92. The van der Waals surface area contributed by atoms with Gasteiger partial charge < -0.3 is 0 Å². The van der Waals surface area contributed by atoms with Crippen LogP contribution in [0.25, 0.3) is 0 Å². The summed E-state index contributed by atoms with van der Waals surface area (Å²) in [5.74, 6) is 0.728. The minimum atomic E-state index is 0.462. The predicted octanol–water partition coefficient (Wildman–Crippen LogP) is 2.95. The van der Waals surface area contributed by atoms with Crippen molar-refractivity contribution in [2.75, 3.05) is 5.88 Å². The normalized spacial score (nSPS) is 38.6. The molecule has 0 N–H and O–H groups in total. The molecule has 3 atom stereocenters. The predicted molar refractivity (Wildman–Crippen MR) is 62.5 cm³/mol. The number of thioether (sulfide) groups is 1. The first kappa shape index (κ1) is 10.1. The number of hydrogen-bond acceptors (Lipinski definition) is 2. The van der Waals surface area contributed by atoms with Crippen LogP contribution < -0.4 is 0 Å². The minimum Gasteiger partial charge on any atom is -0.293 e. The molecule has 4 heteroatoms. The Morgan fingerprint density at radius 3 is 3.09 bits per heavy atom.